The predicted octanol–water partition coefficient (Wildman–Crippen LogP) is 2.46. The summed E-state index contributed by atoms with van der Waals surface area (Å²) in [5, 5.41) is 8.86. The molecule has 1 aromatic heterocycles. The molecule has 0 radical (unpaired) electrons. The quantitative estimate of drug-likeness (QED) is 0.925. The van der Waals surface area contributed by atoms with Gasteiger partial charge in [0.05, 0.1) is 6.20 Å². The van der Waals surface area contributed by atoms with Crippen LogP contribution >= 0.6 is 11.8 Å². The number of aromatic nitrogens is 2. The van der Waals surface area contributed by atoms with E-state index in [4.69, 9.17) is 0 Å². The van der Waals surface area contributed by atoms with Crippen molar-refractivity contribution in [3.05, 3.63) is 18.0 Å². The Morgan fingerprint density at radius 1 is 1.53 bits per heavy atom. The van der Waals surface area contributed by atoms with Crippen LogP contribution in [-0.4, -0.2) is 33.3 Å². The lowest BCUT2D eigenvalue weighted by Gasteiger charge is -2.35. The van der Waals surface area contributed by atoms with Crippen molar-refractivity contribution < 1.29 is 0 Å². The number of aryl methyl sites for hydroxylation is 1. The average Bonchev–Trinajstić information content (AvgIpc) is 2.74. The Hall–Kier alpha value is -0.970. The molecule has 19 heavy (non-hydrogen) atoms. The van der Waals surface area contributed by atoms with Gasteiger partial charge in [-0.05, 0) is 23.8 Å². The molecule has 1 aliphatic rings. The Morgan fingerprint density at radius 2 is 2.32 bits per heavy atom. The van der Waals surface area contributed by atoms with Crippen LogP contribution in [0.1, 0.15) is 32.8 Å². The Balaban J connectivity index is 1.85. The molecule has 1 unspecified atom stereocenters. The van der Waals surface area contributed by atoms with Gasteiger partial charge in [-0.3, -0.25) is 9.67 Å². The van der Waals surface area contributed by atoms with Crippen LogP contribution in [0.15, 0.2) is 17.4 Å². The summed E-state index contributed by atoms with van der Waals surface area (Å²) in [5.41, 5.74) is 1.55. The first kappa shape index (κ1) is 14.4. The summed E-state index contributed by atoms with van der Waals surface area (Å²) in [4.78, 5) is 4.68. The molecule has 106 valence electrons. The summed E-state index contributed by atoms with van der Waals surface area (Å²) >= 11 is 1.84. The van der Waals surface area contributed by atoms with Gasteiger partial charge in [-0.25, -0.2) is 0 Å². The molecule has 1 aromatic rings. The number of hydrogen-bond donors (Lipinski definition) is 1. The minimum absolute atomic E-state index is 0.297. The molecule has 1 N–H and O–H groups in total. The lowest BCUT2D eigenvalue weighted by Crippen LogP contribution is -2.46. The molecule has 1 fully saturated rings. The zero-order valence-corrected chi connectivity index (χ0v) is 13.1. The number of nitrogens with zero attached hydrogens (tertiary/aromatic N) is 3. The van der Waals surface area contributed by atoms with Crippen LogP contribution in [0.5, 0.6) is 0 Å². The van der Waals surface area contributed by atoms with Crippen molar-refractivity contribution >= 4 is 16.9 Å². The number of rotatable bonds is 3. The fourth-order valence-electron chi connectivity index (χ4n) is 2.16. The van der Waals surface area contributed by atoms with Gasteiger partial charge in [0.15, 0.2) is 5.17 Å². The molecular formula is C14H24N4S. The van der Waals surface area contributed by atoms with Gasteiger partial charge in [0.2, 0.25) is 0 Å². The maximum Gasteiger partial charge on any atom is 0.156 e. The molecule has 2 rings (SSSR count). The lowest BCUT2D eigenvalue weighted by molar-refractivity contribution is 0.290. The van der Waals surface area contributed by atoms with Gasteiger partial charge in [0, 0.05) is 31.6 Å². The molecule has 0 aromatic carbocycles. The van der Waals surface area contributed by atoms with Crippen LogP contribution in [0.3, 0.4) is 0 Å². The van der Waals surface area contributed by atoms with Crippen LogP contribution in [0.4, 0.5) is 0 Å². The van der Waals surface area contributed by atoms with E-state index in [1.54, 1.807) is 0 Å². The minimum Gasteiger partial charge on any atom is -0.362 e. The van der Waals surface area contributed by atoms with Crippen molar-refractivity contribution in [2.75, 3.05) is 12.3 Å². The zero-order valence-electron chi connectivity index (χ0n) is 12.3. The second-order valence-electron chi connectivity index (χ2n) is 6.16. The van der Waals surface area contributed by atoms with Gasteiger partial charge in [-0.1, -0.05) is 32.5 Å². The highest BCUT2D eigenvalue weighted by atomic mass is 32.2. The predicted molar refractivity (Wildman–Crippen MR) is 82.7 cm³/mol. The molecule has 0 bridgehead atoms. The second-order valence-corrected chi connectivity index (χ2v) is 7.24. The first-order valence-corrected chi connectivity index (χ1v) is 7.85. The number of hydrogen-bond acceptors (Lipinski definition) is 3. The fourth-order valence-corrected chi connectivity index (χ4v) is 3.12. The standard InChI is InChI=1S/C14H24N4S/c1-14(2,3)12-6-8-19-13(17-12)15-7-5-11-9-16-18(4)10-11/h9-10,12H,5-8H2,1-4H3,(H,15,17). The molecule has 1 atom stereocenters. The molecule has 4 nitrogen and oxygen atoms in total. The van der Waals surface area contributed by atoms with Crippen molar-refractivity contribution in [3.8, 4) is 0 Å². The molecule has 0 amide bonds. The summed E-state index contributed by atoms with van der Waals surface area (Å²) in [6.07, 6.45) is 6.15. The maximum absolute atomic E-state index is 4.68. The molecule has 1 aliphatic heterocycles. The van der Waals surface area contributed by atoms with E-state index in [1.807, 2.05) is 29.7 Å². The van der Waals surface area contributed by atoms with E-state index < -0.39 is 0 Å². The van der Waals surface area contributed by atoms with Crippen molar-refractivity contribution in [1.29, 1.82) is 0 Å². The summed E-state index contributed by atoms with van der Waals surface area (Å²) in [6.45, 7) is 7.69. The Morgan fingerprint density at radius 3 is 2.95 bits per heavy atom. The van der Waals surface area contributed by atoms with Crippen molar-refractivity contribution in [2.45, 2.75) is 39.7 Å². The van der Waals surface area contributed by atoms with Gasteiger partial charge in [-0.15, -0.1) is 0 Å². The number of aliphatic imine (C=N–C) groups is 1. The van der Waals surface area contributed by atoms with Crippen LogP contribution in [0, 0.1) is 5.41 Å². The molecular weight excluding hydrogens is 256 g/mol. The highest BCUT2D eigenvalue weighted by molar-refractivity contribution is 8.13. The van der Waals surface area contributed by atoms with E-state index in [-0.39, 0.29) is 0 Å². The minimum atomic E-state index is 0.297. The SMILES string of the molecule is Cn1cc(CCN=C2NC(C(C)(C)C)CCS2)cn1. The molecule has 1 saturated heterocycles. The van der Waals surface area contributed by atoms with Gasteiger partial charge < -0.3 is 5.32 Å². The number of nitrogens with one attached hydrogen (secondary N) is 1. The van der Waals surface area contributed by atoms with E-state index in [1.165, 1.54) is 17.7 Å². The smallest absolute Gasteiger partial charge is 0.156 e. The van der Waals surface area contributed by atoms with Crippen molar-refractivity contribution in [3.63, 3.8) is 0 Å². The molecule has 2 heterocycles. The van der Waals surface area contributed by atoms with Gasteiger partial charge in [-0.2, -0.15) is 5.10 Å². The Kier molecular flexibility index (Phi) is 4.55. The largest absolute Gasteiger partial charge is 0.362 e. The second kappa shape index (κ2) is 5.99. The molecule has 5 heteroatoms. The van der Waals surface area contributed by atoms with Crippen LogP contribution < -0.4 is 5.32 Å². The number of amidine groups is 1. The summed E-state index contributed by atoms with van der Waals surface area (Å²) in [7, 11) is 1.95. The molecule has 0 aliphatic carbocycles. The van der Waals surface area contributed by atoms with Crippen molar-refractivity contribution in [2.24, 2.45) is 17.5 Å². The highest BCUT2D eigenvalue weighted by Crippen LogP contribution is 2.27. The van der Waals surface area contributed by atoms with Gasteiger partial charge in [0.1, 0.15) is 0 Å². The van der Waals surface area contributed by atoms with E-state index >= 15 is 0 Å². The molecule has 0 spiro atoms. The lowest BCUT2D eigenvalue weighted by atomic mass is 9.85. The summed E-state index contributed by atoms with van der Waals surface area (Å²) < 4.78 is 1.84. The van der Waals surface area contributed by atoms with Crippen LogP contribution in [0.2, 0.25) is 0 Å². The van der Waals surface area contributed by atoms with Crippen LogP contribution in [0.25, 0.3) is 0 Å². The Labute approximate surface area is 120 Å². The maximum atomic E-state index is 4.68. The van der Waals surface area contributed by atoms with Gasteiger partial charge >= 0.3 is 0 Å². The topological polar surface area (TPSA) is 42.2 Å². The molecule has 0 saturated carbocycles. The third-order valence-electron chi connectivity index (χ3n) is 3.40. The van der Waals surface area contributed by atoms with E-state index in [9.17, 15) is 0 Å². The first-order chi connectivity index (χ1) is 8.95. The van der Waals surface area contributed by atoms with E-state index in [0.29, 0.717) is 11.5 Å². The Bertz CT molecular complexity index is 445. The van der Waals surface area contributed by atoms with E-state index in [0.717, 1.165) is 18.1 Å². The highest BCUT2D eigenvalue weighted by Gasteiger charge is 2.28. The monoisotopic (exact) mass is 280 g/mol. The first-order valence-electron chi connectivity index (χ1n) is 6.86. The van der Waals surface area contributed by atoms with Gasteiger partial charge in [0.25, 0.3) is 0 Å². The third-order valence-corrected chi connectivity index (χ3v) is 4.36. The zero-order chi connectivity index (χ0) is 13.9. The van der Waals surface area contributed by atoms with Crippen LogP contribution in [-0.2, 0) is 13.5 Å². The summed E-state index contributed by atoms with van der Waals surface area (Å²) in [6, 6.07) is 0.533. The third kappa shape index (κ3) is 4.27. The fraction of sp³-hybridized carbons (Fsp3) is 0.714. The van der Waals surface area contributed by atoms with E-state index in [2.05, 4.69) is 42.4 Å². The summed E-state index contributed by atoms with van der Waals surface area (Å²) in [5.74, 6) is 1.17. The average molecular weight is 280 g/mol. The normalized spacial score (nSPS) is 22.5. The van der Waals surface area contributed by atoms with Crippen molar-refractivity contribution in [1.82, 2.24) is 15.1 Å². The number of thioether (sulfide) groups is 1.